The van der Waals surface area contributed by atoms with Gasteiger partial charge in [0.15, 0.2) is 0 Å². The summed E-state index contributed by atoms with van der Waals surface area (Å²) in [4.78, 5) is 0. The maximum Gasteiger partial charge on any atom is 0.123 e. The van der Waals surface area contributed by atoms with Gasteiger partial charge in [-0.25, -0.2) is 0 Å². The standard InChI is InChI=1S/C16H27NO/c1-6-15(17-13(4)11-12(2)3)14-9-7-8-10-16(14)18-5/h7-10,12-13,15,17H,6,11H2,1-5H3. The molecule has 0 fully saturated rings. The van der Waals surface area contributed by atoms with E-state index in [0.29, 0.717) is 12.1 Å². The van der Waals surface area contributed by atoms with Gasteiger partial charge in [-0.05, 0) is 31.7 Å². The molecule has 2 heteroatoms. The molecule has 0 saturated heterocycles. The fourth-order valence-corrected chi connectivity index (χ4v) is 2.50. The second-order valence-electron chi connectivity index (χ2n) is 5.40. The minimum absolute atomic E-state index is 0.370. The van der Waals surface area contributed by atoms with E-state index < -0.39 is 0 Å². The molecule has 1 rings (SSSR count). The van der Waals surface area contributed by atoms with Crippen LogP contribution < -0.4 is 10.1 Å². The van der Waals surface area contributed by atoms with Crippen LogP contribution in [0.15, 0.2) is 24.3 Å². The van der Waals surface area contributed by atoms with Gasteiger partial charge in [-0.2, -0.15) is 0 Å². The highest BCUT2D eigenvalue weighted by molar-refractivity contribution is 5.35. The summed E-state index contributed by atoms with van der Waals surface area (Å²) in [7, 11) is 1.74. The molecule has 0 radical (unpaired) electrons. The molecule has 0 heterocycles. The van der Waals surface area contributed by atoms with Crippen LogP contribution in [-0.2, 0) is 0 Å². The molecule has 0 aromatic heterocycles. The zero-order valence-corrected chi connectivity index (χ0v) is 12.4. The van der Waals surface area contributed by atoms with E-state index in [1.165, 1.54) is 12.0 Å². The van der Waals surface area contributed by atoms with Crippen molar-refractivity contribution >= 4 is 0 Å². The fourth-order valence-electron chi connectivity index (χ4n) is 2.50. The van der Waals surface area contributed by atoms with E-state index in [-0.39, 0.29) is 0 Å². The molecule has 0 bridgehead atoms. The van der Waals surface area contributed by atoms with Gasteiger partial charge in [0.25, 0.3) is 0 Å². The second kappa shape index (κ2) is 7.42. The molecule has 2 nitrogen and oxygen atoms in total. The van der Waals surface area contributed by atoms with Crippen molar-refractivity contribution < 1.29 is 4.74 Å². The first-order valence-electron chi connectivity index (χ1n) is 6.97. The summed E-state index contributed by atoms with van der Waals surface area (Å²) in [6, 6.07) is 9.19. The smallest absolute Gasteiger partial charge is 0.123 e. The molecular formula is C16H27NO. The number of para-hydroxylation sites is 1. The van der Waals surface area contributed by atoms with Gasteiger partial charge in [0, 0.05) is 17.6 Å². The Morgan fingerprint density at radius 1 is 1.17 bits per heavy atom. The lowest BCUT2D eigenvalue weighted by atomic mass is 9.99. The molecule has 1 aromatic rings. The van der Waals surface area contributed by atoms with Crippen LogP contribution in [0.4, 0.5) is 0 Å². The number of ether oxygens (including phenoxy) is 1. The van der Waals surface area contributed by atoms with Crippen molar-refractivity contribution in [1.82, 2.24) is 5.32 Å². The lowest BCUT2D eigenvalue weighted by molar-refractivity contribution is 0.366. The Balaban J connectivity index is 2.76. The summed E-state index contributed by atoms with van der Waals surface area (Å²) in [5.74, 6) is 1.70. The van der Waals surface area contributed by atoms with Gasteiger partial charge in [0.05, 0.1) is 7.11 Å². The Hall–Kier alpha value is -1.02. The first-order chi connectivity index (χ1) is 8.58. The molecule has 0 amide bonds. The van der Waals surface area contributed by atoms with Crippen LogP contribution in [0.3, 0.4) is 0 Å². The zero-order chi connectivity index (χ0) is 13.5. The zero-order valence-electron chi connectivity index (χ0n) is 12.4. The molecule has 0 aliphatic rings. The van der Waals surface area contributed by atoms with Gasteiger partial charge in [-0.1, -0.05) is 39.0 Å². The maximum atomic E-state index is 5.45. The molecule has 2 atom stereocenters. The van der Waals surface area contributed by atoms with Crippen LogP contribution in [0, 0.1) is 5.92 Å². The number of benzene rings is 1. The normalized spacial score (nSPS) is 14.6. The van der Waals surface area contributed by atoms with Crippen molar-refractivity contribution in [3.8, 4) is 5.75 Å². The van der Waals surface area contributed by atoms with Gasteiger partial charge in [-0.3, -0.25) is 0 Å². The maximum absolute atomic E-state index is 5.45. The Morgan fingerprint density at radius 2 is 1.83 bits per heavy atom. The van der Waals surface area contributed by atoms with Crippen molar-refractivity contribution in [1.29, 1.82) is 0 Å². The number of methoxy groups -OCH3 is 1. The van der Waals surface area contributed by atoms with Crippen molar-refractivity contribution in [3.05, 3.63) is 29.8 Å². The third-order valence-electron chi connectivity index (χ3n) is 3.23. The van der Waals surface area contributed by atoms with Crippen LogP contribution in [-0.4, -0.2) is 13.2 Å². The summed E-state index contributed by atoms with van der Waals surface area (Å²) in [5.41, 5.74) is 1.26. The summed E-state index contributed by atoms with van der Waals surface area (Å²) in [6.07, 6.45) is 2.27. The van der Waals surface area contributed by atoms with Crippen molar-refractivity contribution in [2.75, 3.05) is 7.11 Å². The van der Waals surface area contributed by atoms with Crippen LogP contribution in [0.2, 0.25) is 0 Å². The fraction of sp³-hybridized carbons (Fsp3) is 0.625. The van der Waals surface area contributed by atoms with Crippen LogP contribution >= 0.6 is 0 Å². The van der Waals surface area contributed by atoms with Gasteiger partial charge in [0.2, 0.25) is 0 Å². The largest absolute Gasteiger partial charge is 0.496 e. The van der Waals surface area contributed by atoms with E-state index in [4.69, 9.17) is 4.74 Å². The first-order valence-corrected chi connectivity index (χ1v) is 6.97. The van der Waals surface area contributed by atoms with Crippen molar-refractivity contribution in [2.45, 2.75) is 52.6 Å². The second-order valence-corrected chi connectivity index (χ2v) is 5.40. The lowest BCUT2D eigenvalue weighted by Gasteiger charge is -2.25. The molecule has 2 unspecified atom stereocenters. The Morgan fingerprint density at radius 3 is 2.39 bits per heavy atom. The highest BCUT2D eigenvalue weighted by atomic mass is 16.5. The highest BCUT2D eigenvalue weighted by Gasteiger charge is 2.16. The van der Waals surface area contributed by atoms with Gasteiger partial charge < -0.3 is 10.1 Å². The van der Waals surface area contributed by atoms with Crippen LogP contribution in [0.1, 0.15) is 52.1 Å². The minimum Gasteiger partial charge on any atom is -0.496 e. The van der Waals surface area contributed by atoms with Gasteiger partial charge in [0.1, 0.15) is 5.75 Å². The predicted octanol–water partition coefficient (Wildman–Crippen LogP) is 4.17. The predicted molar refractivity (Wildman–Crippen MR) is 78.1 cm³/mol. The van der Waals surface area contributed by atoms with E-state index in [1.54, 1.807) is 7.11 Å². The molecule has 18 heavy (non-hydrogen) atoms. The summed E-state index contributed by atoms with van der Waals surface area (Å²) >= 11 is 0. The summed E-state index contributed by atoms with van der Waals surface area (Å²) in [5, 5.41) is 3.71. The van der Waals surface area contributed by atoms with E-state index in [1.807, 2.05) is 12.1 Å². The van der Waals surface area contributed by atoms with Gasteiger partial charge in [-0.15, -0.1) is 0 Å². The third-order valence-corrected chi connectivity index (χ3v) is 3.23. The number of hydrogen-bond donors (Lipinski definition) is 1. The van der Waals surface area contributed by atoms with Crippen molar-refractivity contribution in [3.63, 3.8) is 0 Å². The number of nitrogens with one attached hydrogen (secondary N) is 1. The average molecular weight is 249 g/mol. The van der Waals surface area contributed by atoms with Crippen molar-refractivity contribution in [2.24, 2.45) is 5.92 Å². The van der Waals surface area contributed by atoms with Gasteiger partial charge >= 0.3 is 0 Å². The monoisotopic (exact) mass is 249 g/mol. The van der Waals surface area contributed by atoms with E-state index in [0.717, 1.165) is 18.1 Å². The molecule has 1 N–H and O–H groups in total. The Bertz CT molecular complexity index is 349. The van der Waals surface area contributed by atoms with E-state index >= 15 is 0 Å². The lowest BCUT2D eigenvalue weighted by Crippen LogP contribution is -2.31. The number of hydrogen-bond acceptors (Lipinski definition) is 2. The summed E-state index contributed by atoms with van der Waals surface area (Å²) < 4.78 is 5.45. The van der Waals surface area contributed by atoms with Crippen LogP contribution in [0.25, 0.3) is 0 Å². The molecule has 0 aliphatic heterocycles. The molecule has 0 aliphatic carbocycles. The van der Waals surface area contributed by atoms with E-state index in [2.05, 4.69) is 45.1 Å². The molecular weight excluding hydrogens is 222 g/mol. The molecule has 1 aromatic carbocycles. The molecule has 102 valence electrons. The number of rotatable bonds is 7. The molecule has 0 saturated carbocycles. The van der Waals surface area contributed by atoms with E-state index in [9.17, 15) is 0 Å². The van der Waals surface area contributed by atoms with Crippen LogP contribution in [0.5, 0.6) is 5.75 Å². The first kappa shape index (κ1) is 15.0. The quantitative estimate of drug-likeness (QED) is 0.783. The third kappa shape index (κ3) is 4.34. The average Bonchev–Trinajstić information content (AvgIpc) is 2.35. The Kier molecular flexibility index (Phi) is 6.20. The molecule has 0 spiro atoms. The highest BCUT2D eigenvalue weighted by Crippen LogP contribution is 2.27. The SMILES string of the molecule is CCC(NC(C)CC(C)C)c1ccccc1OC. The Labute approximate surface area is 112 Å². The summed E-state index contributed by atoms with van der Waals surface area (Å²) in [6.45, 7) is 9.01. The minimum atomic E-state index is 0.370. The topological polar surface area (TPSA) is 21.3 Å².